The van der Waals surface area contributed by atoms with Gasteiger partial charge in [0.25, 0.3) is 0 Å². The van der Waals surface area contributed by atoms with Crippen LogP contribution in [0.5, 0.6) is 0 Å². The number of amides is 1. The SMILES string of the molecule is C[C@]1(CC2=C(c3ccn(C(F)F)n3)[C@H](c3ccc(F)cc3Cl)N=C(c3nccs3)N2)COC(=O)N1. The Kier molecular flexibility index (Phi) is 6.01. The van der Waals surface area contributed by atoms with Gasteiger partial charge in [-0.2, -0.15) is 13.9 Å². The number of halogens is 4. The van der Waals surface area contributed by atoms with E-state index in [2.05, 4.69) is 20.7 Å². The number of rotatable bonds is 6. The van der Waals surface area contributed by atoms with Crippen molar-refractivity contribution in [2.24, 2.45) is 4.99 Å². The molecule has 0 spiro atoms. The number of carbonyl (C=O) groups is 1. The molecule has 35 heavy (non-hydrogen) atoms. The predicted molar refractivity (Wildman–Crippen MR) is 124 cm³/mol. The summed E-state index contributed by atoms with van der Waals surface area (Å²) in [5, 5.41) is 12.6. The Morgan fingerprint density at radius 2 is 2.20 bits per heavy atom. The normalized spacial score (nSPS) is 22.2. The first-order valence-electron chi connectivity index (χ1n) is 10.4. The summed E-state index contributed by atoms with van der Waals surface area (Å²) in [6.07, 6.45) is 2.46. The van der Waals surface area contributed by atoms with Crippen molar-refractivity contribution in [2.75, 3.05) is 6.61 Å². The fraction of sp³-hybridized carbons (Fsp3) is 0.273. The molecule has 3 aromatic rings. The number of aliphatic imine (C=N–C) groups is 1. The van der Waals surface area contributed by atoms with Crippen molar-refractivity contribution in [3.05, 3.63) is 74.8 Å². The highest BCUT2D eigenvalue weighted by Crippen LogP contribution is 2.42. The molecule has 5 rings (SSSR count). The zero-order valence-corrected chi connectivity index (χ0v) is 19.7. The number of benzene rings is 1. The van der Waals surface area contributed by atoms with Gasteiger partial charge in [0.15, 0.2) is 10.8 Å². The largest absolute Gasteiger partial charge is 0.447 e. The van der Waals surface area contributed by atoms with Crippen LogP contribution in [0.15, 0.2) is 52.7 Å². The summed E-state index contributed by atoms with van der Waals surface area (Å²) in [5.41, 5.74) is 0.913. The van der Waals surface area contributed by atoms with Gasteiger partial charge >= 0.3 is 12.6 Å². The molecule has 13 heteroatoms. The Morgan fingerprint density at radius 3 is 2.83 bits per heavy atom. The van der Waals surface area contributed by atoms with E-state index in [4.69, 9.17) is 21.3 Å². The molecule has 1 amide bonds. The fourth-order valence-electron chi connectivity index (χ4n) is 4.05. The maximum atomic E-state index is 13.9. The van der Waals surface area contributed by atoms with Gasteiger partial charge in [-0.25, -0.2) is 18.9 Å². The van der Waals surface area contributed by atoms with E-state index in [-0.39, 0.29) is 23.7 Å². The van der Waals surface area contributed by atoms with Crippen molar-refractivity contribution in [3.8, 4) is 0 Å². The molecule has 8 nitrogen and oxygen atoms in total. The van der Waals surface area contributed by atoms with Gasteiger partial charge in [-0.15, -0.1) is 11.3 Å². The van der Waals surface area contributed by atoms with Crippen LogP contribution in [0, 0.1) is 5.82 Å². The van der Waals surface area contributed by atoms with E-state index in [1.54, 1.807) is 18.5 Å². The minimum absolute atomic E-state index is 0.0987. The number of nitrogens with zero attached hydrogens (tertiary/aromatic N) is 4. The molecule has 0 bridgehead atoms. The molecule has 2 aliphatic rings. The summed E-state index contributed by atoms with van der Waals surface area (Å²) in [6, 6.07) is 4.55. The average molecular weight is 523 g/mol. The minimum atomic E-state index is -2.84. The monoisotopic (exact) mass is 522 g/mol. The summed E-state index contributed by atoms with van der Waals surface area (Å²) in [7, 11) is 0. The van der Waals surface area contributed by atoms with Crippen LogP contribution in [-0.4, -0.2) is 38.8 Å². The fourth-order valence-corrected chi connectivity index (χ4v) is 4.91. The number of nitrogens with one attached hydrogen (secondary N) is 2. The lowest BCUT2D eigenvalue weighted by Gasteiger charge is -2.31. The van der Waals surface area contributed by atoms with Gasteiger partial charge in [0.2, 0.25) is 0 Å². The molecule has 2 N–H and O–H groups in total. The van der Waals surface area contributed by atoms with Crippen molar-refractivity contribution in [3.63, 3.8) is 0 Å². The van der Waals surface area contributed by atoms with E-state index in [1.807, 2.05) is 0 Å². The number of alkyl halides is 2. The second-order valence-corrected chi connectivity index (χ2v) is 9.60. The van der Waals surface area contributed by atoms with Gasteiger partial charge in [0, 0.05) is 46.1 Å². The summed E-state index contributed by atoms with van der Waals surface area (Å²) >= 11 is 7.77. The highest BCUT2D eigenvalue weighted by atomic mass is 35.5. The second-order valence-electron chi connectivity index (χ2n) is 8.30. The summed E-state index contributed by atoms with van der Waals surface area (Å²) in [4.78, 5) is 20.9. The number of thiazole rings is 1. The zero-order chi connectivity index (χ0) is 24.7. The molecule has 182 valence electrons. The van der Waals surface area contributed by atoms with Gasteiger partial charge in [-0.3, -0.25) is 4.99 Å². The Morgan fingerprint density at radius 1 is 1.37 bits per heavy atom. The Bertz CT molecular complexity index is 1340. The Balaban J connectivity index is 1.70. The van der Waals surface area contributed by atoms with Crippen molar-refractivity contribution >= 4 is 40.4 Å². The topological polar surface area (TPSA) is 93.4 Å². The molecule has 4 heterocycles. The third-order valence-electron chi connectivity index (χ3n) is 5.59. The first kappa shape index (κ1) is 23.4. The molecule has 0 saturated carbocycles. The van der Waals surface area contributed by atoms with E-state index < -0.39 is 30.0 Å². The lowest BCUT2D eigenvalue weighted by atomic mass is 9.88. The molecule has 0 unspecified atom stereocenters. The smallest absolute Gasteiger partial charge is 0.407 e. The zero-order valence-electron chi connectivity index (χ0n) is 18.1. The van der Waals surface area contributed by atoms with E-state index in [9.17, 15) is 18.0 Å². The van der Waals surface area contributed by atoms with Crippen LogP contribution >= 0.6 is 22.9 Å². The quantitative estimate of drug-likeness (QED) is 0.479. The first-order valence-corrected chi connectivity index (χ1v) is 11.7. The van der Waals surface area contributed by atoms with Gasteiger partial charge in [0.05, 0.1) is 11.2 Å². The third kappa shape index (κ3) is 4.63. The Hall–Kier alpha value is -3.38. The number of hydrogen-bond donors (Lipinski definition) is 2. The molecule has 0 radical (unpaired) electrons. The lowest BCUT2D eigenvalue weighted by molar-refractivity contribution is 0.0564. The Labute approximate surface area is 206 Å². The van der Waals surface area contributed by atoms with Crippen molar-refractivity contribution in [1.82, 2.24) is 25.4 Å². The number of amidine groups is 1. The summed E-state index contributed by atoms with van der Waals surface area (Å²) in [5.74, 6) is -0.103. The number of aromatic nitrogens is 3. The van der Waals surface area contributed by atoms with Crippen LogP contribution in [0.3, 0.4) is 0 Å². The van der Waals surface area contributed by atoms with Gasteiger partial charge in [0.1, 0.15) is 18.5 Å². The van der Waals surface area contributed by atoms with Gasteiger partial charge in [-0.1, -0.05) is 17.7 Å². The number of hydrogen-bond acceptors (Lipinski definition) is 7. The van der Waals surface area contributed by atoms with Crippen molar-refractivity contribution in [1.29, 1.82) is 0 Å². The van der Waals surface area contributed by atoms with Crippen LogP contribution in [0.1, 0.15) is 42.2 Å². The molecule has 2 aliphatic heterocycles. The number of ether oxygens (including phenoxy) is 1. The lowest BCUT2D eigenvalue weighted by Crippen LogP contribution is -2.43. The van der Waals surface area contributed by atoms with Crippen LogP contribution in [-0.2, 0) is 4.74 Å². The maximum absolute atomic E-state index is 13.9. The van der Waals surface area contributed by atoms with Crippen LogP contribution in [0.4, 0.5) is 18.0 Å². The summed E-state index contributed by atoms with van der Waals surface area (Å²) < 4.78 is 46.2. The number of cyclic esters (lactones) is 1. The van der Waals surface area contributed by atoms with E-state index in [0.717, 1.165) is 6.20 Å². The van der Waals surface area contributed by atoms with Gasteiger partial charge < -0.3 is 15.4 Å². The molecule has 0 aliphatic carbocycles. The predicted octanol–water partition coefficient (Wildman–Crippen LogP) is 4.92. The van der Waals surface area contributed by atoms with E-state index >= 15 is 0 Å². The second kappa shape index (κ2) is 9.00. The van der Waals surface area contributed by atoms with Crippen molar-refractivity contribution in [2.45, 2.75) is 31.5 Å². The first-order chi connectivity index (χ1) is 16.7. The van der Waals surface area contributed by atoms with Crippen molar-refractivity contribution < 1.29 is 22.7 Å². The molecular formula is C22H18ClF3N6O2S. The molecule has 1 fully saturated rings. The standard InChI is InChI=1S/C22H18ClF3N6O2S/c1-22(10-34-21(33)30-22)9-15-16(14-4-6-32(31-14)20(25)26)17(12-3-2-11(24)8-13(12)23)29-18(28-15)19-27-5-7-35-19/h2-8,17,20H,9-10H2,1H3,(H,28,29)(H,30,33)/t17-,22-/m0/s1. The highest BCUT2D eigenvalue weighted by molar-refractivity contribution is 7.11. The molecule has 2 aromatic heterocycles. The van der Waals surface area contributed by atoms with Crippen LogP contribution < -0.4 is 10.6 Å². The molecular weight excluding hydrogens is 505 g/mol. The van der Waals surface area contributed by atoms with Crippen LogP contribution in [0.25, 0.3) is 5.57 Å². The third-order valence-corrected chi connectivity index (χ3v) is 6.70. The maximum Gasteiger partial charge on any atom is 0.407 e. The number of alkyl carbamates (subject to hydrolysis) is 1. The van der Waals surface area contributed by atoms with Gasteiger partial charge in [-0.05, 0) is 25.1 Å². The van der Waals surface area contributed by atoms with E-state index in [0.29, 0.717) is 32.4 Å². The number of carbonyl (C=O) groups excluding carboxylic acids is 1. The average Bonchev–Trinajstić information content (AvgIpc) is 3.55. The van der Waals surface area contributed by atoms with E-state index in [1.165, 1.54) is 35.6 Å². The summed E-state index contributed by atoms with van der Waals surface area (Å²) in [6.45, 7) is -0.940. The molecule has 1 saturated heterocycles. The highest BCUT2D eigenvalue weighted by Gasteiger charge is 2.39. The minimum Gasteiger partial charge on any atom is -0.447 e. The van der Waals surface area contributed by atoms with Crippen LogP contribution in [0.2, 0.25) is 5.02 Å². The molecule has 1 aromatic carbocycles. The molecule has 2 atom stereocenters.